The molecule has 3 aromatic heterocycles. The van der Waals surface area contributed by atoms with Crippen LogP contribution < -0.4 is 16.2 Å². The number of aromatic amines is 1. The summed E-state index contributed by atoms with van der Waals surface area (Å²) in [5.41, 5.74) is 1.98. The molecule has 0 aliphatic heterocycles. The van der Waals surface area contributed by atoms with Gasteiger partial charge in [-0.15, -0.1) is 12.4 Å². The first kappa shape index (κ1) is 26.3. The van der Waals surface area contributed by atoms with Gasteiger partial charge in [-0.1, -0.05) is 34.8 Å². The molecule has 4 rings (SSSR count). The molecule has 4 aromatic rings. The fourth-order valence-corrected chi connectivity index (χ4v) is 3.80. The van der Waals surface area contributed by atoms with Crippen molar-refractivity contribution in [1.29, 1.82) is 5.26 Å². The summed E-state index contributed by atoms with van der Waals surface area (Å²) in [6.45, 7) is 1.00. The molecule has 178 valence electrons. The van der Waals surface area contributed by atoms with Crippen LogP contribution in [-0.4, -0.2) is 33.0 Å². The topological polar surface area (TPSA) is 119 Å². The minimum Gasteiger partial charge on any atom is -0.368 e. The number of H-pyrrole nitrogens is 1. The number of benzene rings is 1. The Labute approximate surface area is 221 Å². The summed E-state index contributed by atoms with van der Waals surface area (Å²) in [5, 5.41) is 16.4. The van der Waals surface area contributed by atoms with E-state index in [9.17, 15) is 4.79 Å². The Morgan fingerprint density at radius 3 is 2.43 bits per heavy atom. The Morgan fingerprint density at radius 1 is 0.914 bits per heavy atom. The number of pyridine rings is 2. The smallest absolute Gasteiger partial charge is 0.256 e. The maximum Gasteiger partial charge on any atom is 0.256 e. The monoisotopic (exact) mass is 547 g/mol. The van der Waals surface area contributed by atoms with Gasteiger partial charge in [-0.2, -0.15) is 5.26 Å². The third-order valence-corrected chi connectivity index (χ3v) is 5.51. The first-order valence-corrected chi connectivity index (χ1v) is 11.1. The van der Waals surface area contributed by atoms with Crippen molar-refractivity contribution in [2.45, 2.75) is 0 Å². The van der Waals surface area contributed by atoms with Crippen LogP contribution in [0.4, 0.5) is 11.8 Å². The van der Waals surface area contributed by atoms with Crippen molar-refractivity contribution in [2.75, 3.05) is 23.7 Å². The van der Waals surface area contributed by atoms with Crippen LogP contribution in [0.3, 0.4) is 0 Å². The molecule has 35 heavy (non-hydrogen) atoms. The Morgan fingerprint density at radius 2 is 1.71 bits per heavy atom. The lowest BCUT2D eigenvalue weighted by molar-refractivity contribution is 1.02. The molecule has 0 unspecified atom stereocenters. The zero-order chi connectivity index (χ0) is 24.1. The summed E-state index contributed by atoms with van der Waals surface area (Å²) in [6.07, 6.45) is 4.46. The second-order valence-corrected chi connectivity index (χ2v) is 8.32. The number of aromatic nitrogens is 4. The molecule has 0 aliphatic carbocycles. The fourth-order valence-electron chi connectivity index (χ4n) is 3.14. The van der Waals surface area contributed by atoms with Crippen LogP contribution in [0.15, 0.2) is 59.8 Å². The highest BCUT2D eigenvalue weighted by atomic mass is 35.5. The van der Waals surface area contributed by atoms with Gasteiger partial charge < -0.3 is 15.6 Å². The van der Waals surface area contributed by atoms with Crippen LogP contribution in [0.1, 0.15) is 5.56 Å². The van der Waals surface area contributed by atoms with Crippen molar-refractivity contribution < 1.29 is 0 Å². The largest absolute Gasteiger partial charge is 0.368 e. The summed E-state index contributed by atoms with van der Waals surface area (Å²) in [5.74, 6) is 0.990. The van der Waals surface area contributed by atoms with Crippen molar-refractivity contribution in [1.82, 2.24) is 19.9 Å². The minimum absolute atomic E-state index is 0. The number of nitrogens with one attached hydrogen (secondary N) is 3. The normalized spacial score (nSPS) is 10.2. The van der Waals surface area contributed by atoms with Crippen LogP contribution in [0, 0.1) is 11.3 Å². The number of rotatable bonds is 7. The maximum atomic E-state index is 12.5. The molecule has 0 aliphatic rings. The van der Waals surface area contributed by atoms with Gasteiger partial charge in [0.25, 0.3) is 5.56 Å². The Bertz CT molecular complexity index is 1440. The Balaban J connectivity index is 0.00000342. The number of anilines is 2. The summed E-state index contributed by atoms with van der Waals surface area (Å²) >= 11 is 18.6. The lowest BCUT2D eigenvalue weighted by Gasteiger charge is -2.13. The van der Waals surface area contributed by atoms with Crippen molar-refractivity contribution in [3.05, 3.63) is 86.0 Å². The molecule has 3 heterocycles. The van der Waals surface area contributed by atoms with E-state index in [1.807, 2.05) is 6.07 Å². The molecule has 3 N–H and O–H groups in total. The van der Waals surface area contributed by atoms with Crippen LogP contribution in [-0.2, 0) is 0 Å². The summed E-state index contributed by atoms with van der Waals surface area (Å²) in [4.78, 5) is 28.2. The standard InChI is InChI=1S/C23H16Cl3N7O.ClH/c24-14-2-3-16(19(26)8-14)21-18(17-7-15(25)11-31-22(17)34)12-32-23(33-21)29-6-5-28-20-4-1-13(9-27)10-30-20;/h1-4,7-8,10-12H,5-6H2,(H,28,30)(H,31,34)(H,29,32,33);1H. The highest BCUT2D eigenvalue weighted by Gasteiger charge is 2.17. The molecule has 0 radical (unpaired) electrons. The van der Waals surface area contributed by atoms with E-state index >= 15 is 0 Å². The fraction of sp³-hybridized carbons (Fsp3) is 0.0870. The van der Waals surface area contributed by atoms with Gasteiger partial charge in [0.05, 0.1) is 26.9 Å². The van der Waals surface area contributed by atoms with Crippen LogP contribution >= 0.6 is 47.2 Å². The van der Waals surface area contributed by atoms with Crippen molar-refractivity contribution in [2.24, 2.45) is 0 Å². The second-order valence-electron chi connectivity index (χ2n) is 7.04. The second kappa shape index (κ2) is 11.9. The highest BCUT2D eigenvalue weighted by Crippen LogP contribution is 2.35. The molecule has 8 nitrogen and oxygen atoms in total. The molecule has 0 fully saturated rings. The van der Waals surface area contributed by atoms with E-state index in [-0.39, 0.29) is 18.0 Å². The summed E-state index contributed by atoms with van der Waals surface area (Å²) in [7, 11) is 0. The molecular weight excluding hydrogens is 532 g/mol. The van der Waals surface area contributed by atoms with Crippen LogP contribution in [0.2, 0.25) is 15.1 Å². The van der Waals surface area contributed by atoms with E-state index in [1.165, 1.54) is 12.4 Å². The van der Waals surface area contributed by atoms with Gasteiger partial charge in [-0.05, 0) is 36.4 Å². The molecule has 0 amide bonds. The average molecular weight is 549 g/mol. The van der Waals surface area contributed by atoms with Crippen LogP contribution in [0.25, 0.3) is 22.4 Å². The first-order valence-electron chi connectivity index (χ1n) is 9.99. The van der Waals surface area contributed by atoms with E-state index < -0.39 is 0 Å². The summed E-state index contributed by atoms with van der Waals surface area (Å²) in [6, 6.07) is 12.0. The maximum absolute atomic E-state index is 12.5. The van der Waals surface area contributed by atoms with E-state index in [0.29, 0.717) is 67.9 Å². The minimum atomic E-state index is -0.334. The van der Waals surface area contributed by atoms with Gasteiger partial charge >= 0.3 is 0 Å². The third kappa shape index (κ3) is 6.41. The van der Waals surface area contributed by atoms with Crippen molar-refractivity contribution in [3.8, 4) is 28.5 Å². The molecule has 0 spiro atoms. The first-order chi connectivity index (χ1) is 16.4. The molecule has 1 aromatic carbocycles. The number of nitrogens with zero attached hydrogens (tertiary/aromatic N) is 4. The lowest BCUT2D eigenvalue weighted by atomic mass is 10.0. The zero-order valence-corrected chi connectivity index (χ0v) is 20.9. The van der Waals surface area contributed by atoms with Crippen molar-refractivity contribution in [3.63, 3.8) is 0 Å². The van der Waals surface area contributed by atoms with E-state index in [2.05, 4.69) is 30.6 Å². The quantitative estimate of drug-likeness (QED) is 0.254. The highest BCUT2D eigenvalue weighted by molar-refractivity contribution is 6.36. The van der Waals surface area contributed by atoms with E-state index in [1.54, 1.807) is 42.6 Å². The predicted octanol–water partition coefficient (Wildman–Crippen LogP) is 5.67. The van der Waals surface area contributed by atoms with Gasteiger partial charge in [0.15, 0.2) is 0 Å². The SMILES string of the molecule is Cl.N#Cc1ccc(NCCNc2ncc(-c3cc(Cl)c[nH]c3=O)c(-c3ccc(Cl)cc3Cl)n2)nc1. The zero-order valence-electron chi connectivity index (χ0n) is 17.8. The predicted molar refractivity (Wildman–Crippen MR) is 142 cm³/mol. The van der Waals surface area contributed by atoms with Crippen molar-refractivity contribution >= 4 is 59.0 Å². The number of hydrogen-bond donors (Lipinski definition) is 3. The number of nitriles is 1. The summed E-state index contributed by atoms with van der Waals surface area (Å²) < 4.78 is 0. The molecule has 12 heteroatoms. The number of hydrogen-bond acceptors (Lipinski definition) is 7. The van der Waals surface area contributed by atoms with Crippen LogP contribution in [0.5, 0.6) is 0 Å². The van der Waals surface area contributed by atoms with E-state index in [0.717, 1.165) is 0 Å². The third-order valence-electron chi connectivity index (χ3n) is 4.74. The molecular formula is C23H17Cl4N7O. The lowest BCUT2D eigenvalue weighted by Crippen LogP contribution is -2.16. The number of halogens is 4. The van der Waals surface area contributed by atoms with Gasteiger partial charge in [0.2, 0.25) is 5.95 Å². The van der Waals surface area contributed by atoms with Gasteiger partial charge in [0.1, 0.15) is 11.9 Å². The van der Waals surface area contributed by atoms with E-state index in [4.69, 9.17) is 40.1 Å². The molecule has 0 saturated carbocycles. The molecule has 0 saturated heterocycles. The average Bonchev–Trinajstić information content (AvgIpc) is 2.84. The molecule has 0 bridgehead atoms. The Kier molecular flexibility index (Phi) is 8.90. The van der Waals surface area contributed by atoms with Gasteiger partial charge in [0, 0.05) is 47.8 Å². The Hall–Kier alpha value is -3.35. The van der Waals surface area contributed by atoms with Gasteiger partial charge in [-0.25, -0.2) is 15.0 Å². The van der Waals surface area contributed by atoms with Gasteiger partial charge in [-0.3, -0.25) is 4.79 Å². The molecule has 0 atom stereocenters.